The van der Waals surface area contributed by atoms with E-state index in [4.69, 9.17) is 4.74 Å². The zero-order valence-corrected chi connectivity index (χ0v) is 22.7. The molecule has 3 rings (SSSR count). The van der Waals surface area contributed by atoms with Gasteiger partial charge in [-0.25, -0.2) is 13.2 Å². The summed E-state index contributed by atoms with van der Waals surface area (Å²) in [6, 6.07) is 11.7. The number of anilines is 1. The summed E-state index contributed by atoms with van der Waals surface area (Å²) in [5, 5.41) is 12.7. The van der Waals surface area contributed by atoms with Crippen LogP contribution in [0.2, 0.25) is 0 Å². The molecule has 3 N–H and O–H groups in total. The van der Waals surface area contributed by atoms with E-state index in [1.165, 1.54) is 29.2 Å². The number of nitrogens with one attached hydrogen (secondary N) is 2. The molecule has 1 aliphatic heterocycles. The Morgan fingerprint density at radius 3 is 2.49 bits per heavy atom. The van der Waals surface area contributed by atoms with Crippen molar-refractivity contribution in [2.45, 2.75) is 50.8 Å². The monoisotopic (exact) mass is 532 g/mol. The van der Waals surface area contributed by atoms with Crippen LogP contribution >= 0.6 is 0 Å². The SMILES string of the molecule is CC(C)NC(=O)N(C)C[C@@H]1Oc2ccc(NS(=O)(=O)c3ccccc3)cc2C(=O)N([C@H](C)CO)C[C@@H]1C. The van der Waals surface area contributed by atoms with Crippen LogP contribution in [0.1, 0.15) is 38.1 Å². The highest BCUT2D eigenvalue weighted by Crippen LogP contribution is 2.31. The van der Waals surface area contributed by atoms with Gasteiger partial charge in [0.2, 0.25) is 0 Å². The molecule has 202 valence electrons. The number of aliphatic hydroxyl groups is 1. The fourth-order valence-electron chi connectivity index (χ4n) is 4.03. The number of hydrogen-bond donors (Lipinski definition) is 3. The highest BCUT2D eigenvalue weighted by Gasteiger charge is 2.34. The lowest BCUT2D eigenvalue weighted by Gasteiger charge is -2.38. The van der Waals surface area contributed by atoms with Crippen molar-refractivity contribution in [2.24, 2.45) is 5.92 Å². The Labute approximate surface area is 218 Å². The first-order valence-corrected chi connectivity index (χ1v) is 13.7. The molecule has 0 aromatic heterocycles. The van der Waals surface area contributed by atoms with Gasteiger partial charge in [0.1, 0.15) is 11.9 Å². The molecular formula is C26H36N4O6S. The third-order valence-electron chi connectivity index (χ3n) is 6.18. The lowest BCUT2D eigenvalue weighted by Crippen LogP contribution is -2.51. The predicted octanol–water partition coefficient (Wildman–Crippen LogP) is 2.76. The van der Waals surface area contributed by atoms with Gasteiger partial charge in [-0.2, -0.15) is 0 Å². The number of benzene rings is 2. The molecule has 2 aromatic carbocycles. The summed E-state index contributed by atoms with van der Waals surface area (Å²) in [6.45, 7) is 7.72. The van der Waals surface area contributed by atoms with Crippen molar-refractivity contribution in [3.63, 3.8) is 0 Å². The van der Waals surface area contributed by atoms with Gasteiger partial charge in [0, 0.05) is 31.2 Å². The van der Waals surface area contributed by atoms with Crippen LogP contribution in [0.25, 0.3) is 0 Å². The quantitative estimate of drug-likeness (QED) is 0.480. The van der Waals surface area contributed by atoms with Crippen molar-refractivity contribution in [1.82, 2.24) is 15.1 Å². The Bertz CT molecular complexity index is 1200. The average Bonchev–Trinajstić information content (AvgIpc) is 2.85. The summed E-state index contributed by atoms with van der Waals surface area (Å²) in [4.78, 5) is 29.2. The minimum absolute atomic E-state index is 0.0250. The van der Waals surface area contributed by atoms with Crippen LogP contribution in [0.4, 0.5) is 10.5 Å². The Hall–Kier alpha value is -3.31. The number of urea groups is 1. The van der Waals surface area contributed by atoms with Gasteiger partial charge in [-0.05, 0) is 51.1 Å². The molecule has 2 aromatic rings. The number of amides is 3. The molecule has 0 saturated heterocycles. The maximum absolute atomic E-state index is 13.6. The number of sulfonamides is 1. The summed E-state index contributed by atoms with van der Waals surface area (Å²) in [6.07, 6.45) is -0.463. The topological polar surface area (TPSA) is 128 Å². The standard InChI is InChI=1S/C26H36N4O6S/c1-17(2)27-26(33)29(5)15-24-18(3)14-30(19(4)16-31)25(32)22-13-20(11-12-23(22)36-24)28-37(34,35)21-9-7-6-8-10-21/h6-13,17-19,24,28,31H,14-16H2,1-5H3,(H,27,33)/t18-,19+,24-/m0/s1. The maximum Gasteiger partial charge on any atom is 0.317 e. The molecule has 0 unspecified atom stereocenters. The first-order chi connectivity index (χ1) is 17.4. The lowest BCUT2D eigenvalue weighted by molar-refractivity contribution is 0.0366. The van der Waals surface area contributed by atoms with Crippen LogP contribution in [0.3, 0.4) is 0 Å². The number of ether oxygens (including phenoxy) is 1. The van der Waals surface area contributed by atoms with Gasteiger partial charge < -0.3 is 25.0 Å². The van der Waals surface area contributed by atoms with Crippen LogP contribution in [0.5, 0.6) is 5.75 Å². The van der Waals surface area contributed by atoms with Gasteiger partial charge >= 0.3 is 6.03 Å². The molecule has 3 amide bonds. The predicted molar refractivity (Wildman–Crippen MR) is 141 cm³/mol. The van der Waals surface area contributed by atoms with Gasteiger partial charge in [-0.1, -0.05) is 25.1 Å². The summed E-state index contributed by atoms with van der Waals surface area (Å²) in [5.74, 6) is -0.276. The first kappa shape index (κ1) is 28.3. The van der Waals surface area contributed by atoms with Gasteiger partial charge in [-0.3, -0.25) is 9.52 Å². The second kappa shape index (κ2) is 11.8. The molecule has 37 heavy (non-hydrogen) atoms. The second-order valence-corrected chi connectivity index (χ2v) is 11.4. The van der Waals surface area contributed by atoms with Crippen molar-refractivity contribution in [1.29, 1.82) is 0 Å². The third kappa shape index (κ3) is 6.92. The minimum Gasteiger partial charge on any atom is -0.487 e. The summed E-state index contributed by atoms with van der Waals surface area (Å²) < 4.78 is 34.5. The molecule has 1 heterocycles. The fourth-order valence-corrected chi connectivity index (χ4v) is 5.10. The van der Waals surface area contributed by atoms with Crippen LogP contribution < -0.4 is 14.8 Å². The van der Waals surface area contributed by atoms with Crippen LogP contribution in [-0.4, -0.2) is 80.2 Å². The lowest BCUT2D eigenvalue weighted by atomic mass is 9.99. The molecule has 1 aliphatic rings. The third-order valence-corrected chi connectivity index (χ3v) is 7.58. The van der Waals surface area contributed by atoms with Gasteiger partial charge in [0.25, 0.3) is 15.9 Å². The van der Waals surface area contributed by atoms with Gasteiger partial charge in [0.05, 0.1) is 29.7 Å². The largest absolute Gasteiger partial charge is 0.487 e. The van der Waals surface area contributed by atoms with Crippen molar-refractivity contribution in [3.8, 4) is 5.75 Å². The first-order valence-electron chi connectivity index (χ1n) is 12.2. The Morgan fingerprint density at radius 1 is 1.19 bits per heavy atom. The van der Waals surface area contributed by atoms with Crippen LogP contribution in [-0.2, 0) is 10.0 Å². The molecule has 0 fully saturated rings. The van der Waals surface area contributed by atoms with E-state index in [1.807, 2.05) is 20.8 Å². The van der Waals surface area contributed by atoms with E-state index in [2.05, 4.69) is 10.0 Å². The molecule has 10 nitrogen and oxygen atoms in total. The second-order valence-electron chi connectivity index (χ2n) is 9.74. The number of carbonyl (C=O) groups excluding carboxylic acids is 2. The zero-order chi connectivity index (χ0) is 27.3. The maximum atomic E-state index is 13.6. The van der Waals surface area contributed by atoms with E-state index in [0.29, 0.717) is 0 Å². The molecule has 0 bridgehead atoms. The number of aliphatic hydroxyl groups excluding tert-OH is 1. The van der Waals surface area contributed by atoms with E-state index in [1.54, 1.807) is 43.1 Å². The van der Waals surface area contributed by atoms with Crippen LogP contribution in [0.15, 0.2) is 53.4 Å². The van der Waals surface area contributed by atoms with E-state index >= 15 is 0 Å². The van der Waals surface area contributed by atoms with Crippen molar-refractivity contribution in [3.05, 3.63) is 54.1 Å². The molecular weight excluding hydrogens is 496 g/mol. The van der Waals surface area contributed by atoms with E-state index in [-0.39, 0.29) is 65.5 Å². The Balaban J connectivity index is 1.96. The van der Waals surface area contributed by atoms with Crippen molar-refractivity contribution >= 4 is 27.6 Å². The molecule has 0 aliphatic carbocycles. The minimum atomic E-state index is -3.87. The molecule has 11 heteroatoms. The number of rotatable bonds is 8. The number of nitrogens with zero attached hydrogens (tertiary/aromatic N) is 2. The number of fused-ring (bicyclic) bond motifs is 1. The molecule has 0 saturated carbocycles. The van der Waals surface area contributed by atoms with E-state index in [0.717, 1.165) is 0 Å². The normalized spacial score (nSPS) is 18.8. The molecule has 3 atom stereocenters. The number of carbonyl (C=O) groups is 2. The van der Waals surface area contributed by atoms with E-state index in [9.17, 15) is 23.1 Å². The Morgan fingerprint density at radius 2 is 1.86 bits per heavy atom. The fraction of sp³-hybridized carbons (Fsp3) is 0.462. The average molecular weight is 533 g/mol. The van der Waals surface area contributed by atoms with Crippen molar-refractivity contribution in [2.75, 3.05) is 31.5 Å². The van der Waals surface area contributed by atoms with Gasteiger partial charge in [0.15, 0.2) is 0 Å². The highest BCUT2D eigenvalue weighted by atomic mass is 32.2. The zero-order valence-electron chi connectivity index (χ0n) is 21.8. The number of hydrogen-bond acceptors (Lipinski definition) is 6. The molecule has 0 radical (unpaired) electrons. The molecule has 0 spiro atoms. The number of likely N-dealkylation sites (N-methyl/N-ethyl adjacent to an activating group) is 1. The van der Waals surface area contributed by atoms with Crippen LogP contribution in [0, 0.1) is 5.92 Å². The highest BCUT2D eigenvalue weighted by molar-refractivity contribution is 7.92. The van der Waals surface area contributed by atoms with Crippen molar-refractivity contribution < 1.29 is 27.9 Å². The summed E-state index contributed by atoms with van der Waals surface area (Å²) in [5.41, 5.74) is 0.370. The van der Waals surface area contributed by atoms with E-state index < -0.39 is 22.2 Å². The van der Waals surface area contributed by atoms with Gasteiger partial charge in [-0.15, -0.1) is 0 Å². The smallest absolute Gasteiger partial charge is 0.317 e. The summed E-state index contributed by atoms with van der Waals surface area (Å²) >= 11 is 0. The summed E-state index contributed by atoms with van der Waals surface area (Å²) in [7, 11) is -2.20. The Kier molecular flexibility index (Phi) is 9.03.